The molecule has 0 aromatic heterocycles. The Morgan fingerprint density at radius 2 is 1.68 bits per heavy atom. The molecular formula is C11H21N3O5. The molecule has 8 heteroatoms. The fraction of sp³-hybridized carbons (Fsp3) is 0.727. The third kappa shape index (κ3) is 9.83. The van der Waals surface area contributed by atoms with Gasteiger partial charge in [-0.3, -0.25) is 4.79 Å². The fourth-order valence-electron chi connectivity index (χ4n) is 1.19. The van der Waals surface area contributed by atoms with Crippen LogP contribution in [-0.4, -0.2) is 53.4 Å². The molecule has 0 aromatic rings. The molecule has 19 heavy (non-hydrogen) atoms. The molecule has 0 aromatic carbocycles. The van der Waals surface area contributed by atoms with Crippen molar-refractivity contribution in [1.29, 1.82) is 0 Å². The van der Waals surface area contributed by atoms with E-state index in [0.717, 1.165) is 0 Å². The maximum Gasteiger partial charge on any atom is 0.332 e. The Bertz CT molecular complexity index is 319. The lowest BCUT2D eigenvalue weighted by Gasteiger charge is -2.10. The van der Waals surface area contributed by atoms with Gasteiger partial charge in [-0.1, -0.05) is 0 Å². The average Bonchev–Trinajstić information content (AvgIpc) is 2.27. The number of nitrogens with one attached hydrogen (secondary N) is 3. The first-order valence-electron chi connectivity index (χ1n) is 6.05. The summed E-state index contributed by atoms with van der Waals surface area (Å²) in [4.78, 5) is 32.7. The summed E-state index contributed by atoms with van der Waals surface area (Å²) in [5.74, 6) is -1.48. The zero-order valence-corrected chi connectivity index (χ0v) is 11.1. The molecule has 0 rings (SSSR count). The number of carboxylic acids is 1. The second-order valence-electron chi connectivity index (χ2n) is 4.30. The number of aliphatic hydroxyl groups is 1. The van der Waals surface area contributed by atoms with Gasteiger partial charge in [-0.05, 0) is 13.8 Å². The Balaban J connectivity index is 3.60. The van der Waals surface area contributed by atoms with Crippen LogP contribution in [0.1, 0.15) is 26.7 Å². The summed E-state index contributed by atoms with van der Waals surface area (Å²) in [7, 11) is 0. The highest BCUT2D eigenvalue weighted by molar-refractivity contribution is 5.78. The van der Waals surface area contributed by atoms with Crippen molar-refractivity contribution in [2.24, 2.45) is 0 Å². The van der Waals surface area contributed by atoms with Crippen LogP contribution in [0, 0.1) is 0 Å². The molecule has 0 aliphatic rings. The molecule has 0 heterocycles. The van der Waals surface area contributed by atoms with Gasteiger partial charge in [0.05, 0.1) is 0 Å². The van der Waals surface area contributed by atoms with E-state index in [0.29, 0.717) is 0 Å². The van der Waals surface area contributed by atoms with E-state index in [2.05, 4.69) is 16.0 Å². The predicted molar refractivity (Wildman–Crippen MR) is 67.6 cm³/mol. The van der Waals surface area contributed by atoms with Gasteiger partial charge in [-0.25, -0.2) is 9.59 Å². The van der Waals surface area contributed by atoms with Gasteiger partial charge in [-0.15, -0.1) is 0 Å². The minimum absolute atomic E-state index is 0.0392. The molecule has 0 aliphatic heterocycles. The summed E-state index contributed by atoms with van der Waals surface area (Å²) in [6.07, 6.45) is -1.39. The predicted octanol–water partition coefficient (Wildman–Crippen LogP) is -0.964. The molecule has 0 fully saturated rings. The minimum Gasteiger partial charge on any atom is -0.479 e. The van der Waals surface area contributed by atoms with Crippen molar-refractivity contribution in [3.05, 3.63) is 0 Å². The van der Waals surface area contributed by atoms with Crippen molar-refractivity contribution in [2.45, 2.75) is 38.8 Å². The van der Waals surface area contributed by atoms with E-state index in [1.807, 2.05) is 13.8 Å². The molecule has 3 amide bonds. The first-order chi connectivity index (χ1) is 8.82. The molecule has 0 bridgehead atoms. The highest BCUT2D eigenvalue weighted by atomic mass is 16.4. The summed E-state index contributed by atoms with van der Waals surface area (Å²) < 4.78 is 0. The maximum absolute atomic E-state index is 11.2. The first kappa shape index (κ1) is 17.2. The molecule has 8 nitrogen and oxygen atoms in total. The number of aliphatic carboxylic acids is 1. The lowest BCUT2D eigenvalue weighted by Crippen LogP contribution is -2.40. The lowest BCUT2D eigenvalue weighted by atomic mass is 10.2. The topological polar surface area (TPSA) is 128 Å². The van der Waals surface area contributed by atoms with Crippen molar-refractivity contribution in [1.82, 2.24) is 16.0 Å². The SMILES string of the molecule is CC(C)NC(=O)CCNC(=O)NCCC(O)C(=O)O. The van der Waals surface area contributed by atoms with Gasteiger partial charge in [-0.2, -0.15) is 0 Å². The van der Waals surface area contributed by atoms with Gasteiger partial charge in [0.15, 0.2) is 6.10 Å². The Labute approximate surface area is 111 Å². The number of carboxylic acid groups (broad SMARTS) is 1. The molecule has 110 valence electrons. The summed E-state index contributed by atoms with van der Waals surface area (Å²) in [5, 5.41) is 24.9. The van der Waals surface area contributed by atoms with Crippen LogP contribution in [-0.2, 0) is 9.59 Å². The van der Waals surface area contributed by atoms with Crippen LogP contribution in [0.25, 0.3) is 0 Å². The van der Waals surface area contributed by atoms with Crippen LogP contribution in [0.2, 0.25) is 0 Å². The third-order valence-electron chi connectivity index (χ3n) is 2.08. The van der Waals surface area contributed by atoms with Crippen LogP contribution in [0.15, 0.2) is 0 Å². The van der Waals surface area contributed by atoms with Gasteiger partial charge in [0.25, 0.3) is 0 Å². The second kappa shape index (κ2) is 9.15. The molecule has 5 N–H and O–H groups in total. The largest absolute Gasteiger partial charge is 0.479 e. The zero-order valence-electron chi connectivity index (χ0n) is 11.1. The van der Waals surface area contributed by atoms with Crippen molar-refractivity contribution < 1.29 is 24.6 Å². The maximum atomic E-state index is 11.2. The van der Waals surface area contributed by atoms with E-state index >= 15 is 0 Å². The number of urea groups is 1. The van der Waals surface area contributed by atoms with Gasteiger partial charge in [0.1, 0.15) is 0 Å². The first-order valence-corrected chi connectivity index (χ1v) is 6.05. The molecule has 0 radical (unpaired) electrons. The van der Waals surface area contributed by atoms with Crippen LogP contribution in [0.3, 0.4) is 0 Å². The van der Waals surface area contributed by atoms with E-state index in [1.54, 1.807) is 0 Å². The summed E-state index contributed by atoms with van der Waals surface area (Å²) in [5.41, 5.74) is 0. The number of carbonyl (C=O) groups is 3. The lowest BCUT2D eigenvalue weighted by molar-refractivity contribution is -0.146. The van der Waals surface area contributed by atoms with E-state index in [-0.39, 0.29) is 37.9 Å². The zero-order chi connectivity index (χ0) is 14.8. The van der Waals surface area contributed by atoms with Crippen LogP contribution in [0.4, 0.5) is 4.79 Å². The smallest absolute Gasteiger partial charge is 0.332 e. The summed E-state index contributed by atoms with van der Waals surface area (Å²) >= 11 is 0. The minimum atomic E-state index is -1.49. The molecule has 0 saturated carbocycles. The Morgan fingerprint density at radius 3 is 2.21 bits per heavy atom. The third-order valence-corrected chi connectivity index (χ3v) is 2.08. The number of aliphatic hydroxyl groups excluding tert-OH is 1. The highest BCUT2D eigenvalue weighted by Gasteiger charge is 2.12. The Hall–Kier alpha value is -1.83. The fourth-order valence-corrected chi connectivity index (χ4v) is 1.19. The van der Waals surface area contributed by atoms with Crippen molar-refractivity contribution in [3.8, 4) is 0 Å². The standard InChI is InChI=1S/C11H21N3O5/c1-7(2)14-9(16)4-6-13-11(19)12-5-3-8(15)10(17)18/h7-8,15H,3-6H2,1-2H3,(H,14,16)(H,17,18)(H2,12,13,19). The Kier molecular flexibility index (Phi) is 8.27. The highest BCUT2D eigenvalue weighted by Crippen LogP contribution is 1.89. The quantitative estimate of drug-likeness (QED) is 0.389. The summed E-state index contributed by atoms with van der Waals surface area (Å²) in [6.45, 7) is 3.90. The van der Waals surface area contributed by atoms with E-state index in [1.165, 1.54) is 0 Å². The normalized spacial score (nSPS) is 11.8. The van der Waals surface area contributed by atoms with Gasteiger partial charge >= 0.3 is 12.0 Å². The number of rotatable bonds is 8. The molecule has 1 unspecified atom stereocenters. The van der Waals surface area contributed by atoms with Gasteiger partial charge in [0, 0.05) is 32.0 Å². The molecule has 0 saturated heterocycles. The molecule has 0 aliphatic carbocycles. The van der Waals surface area contributed by atoms with E-state index < -0.39 is 18.1 Å². The number of amides is 3. The van der Waals surface area contributed by atoms with Crippen LogP contribution < -0.4 is 16.0 Å². The van der Waals surface area contributed by atoms with Crippen LogP contribution in [0.5, 0.6) is 0 Å². The molecule has 0 spiro atoms. The second-order valence-corrected chi connectivity index (χ2v) is 4.30. The van der Waals surface area contributed by atoms with E-state index in [9.17, 15) is 14.4 Å². The summed E-state index contributed by atoms with van der Waals surface area (Å²) in [6, 6.07) is -0.450. The van der Waals surface area contributed by atoms with Gasteiger partial charge in [0.2, 0.25) is 5.91 Å². The Morgan fingerprint density at radius 1 is 1.11 bits per heavy atom. The number of hydrogen-bond acceptors (Lipinski definition) is 4. The van der Waals surface area contributed by atoms with Crippen LogP contribution >= 0.6 is 0 Å². The van der Waals surface area contributed by atoms with Crippen molar-refractivity contribution in [3.63, 3.8) is 0 Å². The van der Waals surface area contributed by atoms with E-state index in [4.69, 9.17) is 10.2 Å². The monoisotopic (exact) mass is 275 g/mol. The van der Waals surface area contributed by atoms with Gasteiger partial charge < -0.3 is 26.2 Å². The number of hydrogen-bond donors (Lipinski definition) is 5. The number of carbonyl (C=O) groups excluding carboxylic acids is 2. The molecule has 1 atom stereocenters. The molecular weight excluding hydrogens is 254 g/mol. The van der Waals surface area contributed by atoms with Crippen molar-refractivity contribution >= 4 is 17.9 Å². The van der Waals surface area contributed by atoms with Crippen molar-refractivity contribution in [2.75, 3.05) is 13.1 Å². The average molecular weight is 275 g/mol.